The molecule has 7 nitrogen and oxygen atoms in total. The van der Waals surface area contributed by atoms with Crippen LogP contribution in [0.4, 0.5) is 0 Å². The molecule has 0 radical (unpaired) electrons. The molecule has 0 amide bonds. The number of esters is 1. The molecule has 0 unspecified atom stereocenters. The minimum absolute atomic E-state index is 0.110. The zero-order valence-corrected chi connectivity index (χ0v) is 13.6. The minimum Gasteiger partial charge on any atom is -0.506 e. The number of hydrogen-bond acceptors (Lipinski definition) is 7. The van der Waals surface area contributed by atoms with Gasteiger partial charge in [0, 0.05) is 12.2 Å². The van der Waals surface area contributed by atoms with Crippen molar-refractivity contribution >= 4 is 28.8 Å². The minimum atomic E-state index is -0.852. The molecule has 0 fully saturated rings. The number of ether oxygens (including phenoxy) is 1. The third-order valence-electron chi connectivity index (χ3n) is 3.08. The molecule has 2 aromatic heterocycles. The maximum Gasteiger partial charge on any atom is 0.347 e. The molecule has 2 rings (SSSR count). The van der Waals surface area contributed by atoms with Gasteiger partial charge in [-0.15, -0.1) is 0 Å². The van der Waals surface area contributed by atoms with Gasteiger partial charge in [-0.05, 0) is 27.0 Å². The van der Waals surface area contributed by atoms with E-state index in [2.05, 4.69) is 9.97 Å². The van der Waals surface area contributed by atoms with Gasteiger partial charge in [-0.1, -0.05) is 11.8 Å². The lowest BCUT2D eigenvalue weighted by Crippen LogP contribution is -2.29. The van der Waals surface area contributed by atoms with Crippen LogP contribution in [0, 0.1) is 0 Å². The van der Waals surface area contributed by atoms with Crippen molar-refractivity contribution in [1.29, 1.82) is 0 Å². The van der Waals surface area contributed by atoms with E-state index in [-0.39, 0.29) is 23.6 Å². The van der Waals surface area contributed by atoms with Crippen molar-refractivity contribution in [2.45, 2.75) is 32.0 Å². The van der Waals surface area contributed by atoms with Crippen molar-refractivity contribution in [2.75, 3.05) is 12.9 Å². The van der Waals surface area contributed by atoms with Gasteiger partial charge in [-0.3, -0.25) is 9.36 Å². The van der Waals surface area contributed by atoms with Crippen molar-refractivity contribution in [3.05, 3.63) is 22.1 Å². The third-order valence-corrected chi connectivity index (χ3v) is 3.64. The normalized spacial score (nSPS) is 11.1. The first-order chi connectivity index (χ1) is 10.4. The summed E-state index contributed by atoms with van der Waals surface area (Å²) < 4.78 is 6.22. The van der Waals surface area contributed by atoms with Crippen LogP contribution in [-0.4, -0.2) is 38.5 Å². The summed E-state index contributed by atoms with van der Waals surface area (Å²) in [4.78, 5) is 33.0. The van der Waals surface area contributed by atoms with E-state index in [1.54, 1.807) is 20.8 Å². The number of nitrogens with zero attached hydrogens (tertiary/aromatic N) is 3. The van der Waals surface area contributed by atoms with Gasteiger partial charge < -0.3 is 9.84 Å². The molecule has 0 atom stereocenters. The summed E-state index contributed by atoms with van der Waals surface area (Å²) >= 11 is 1.32. The molecule has 2 heterocycles. The third kappa shape index (κ3) is 2.66. The topological polar surface area (TPSA) is 94.3 Å². The number of thioether (sulfide) groups is 1. The van der Waals surface area contributed by atoms with E-state index < -0.39 is 17.3 Å². The van der Waals surface area contributed by atoms with Crippen LogP contribution in [0.3, 0.4) is 0 Å². The van der Waals surface area contributed by atoms with Gasteiger partial charge in [0.1, 0.15) is 5.75 Å². The average molecular weight is 323 g/mol. The molecule has 0 spiro atoms. The SMILES string of the molecule is CCOC(=O)c1c(O)c2cnc(SC)nc2n(C(C)C)c1=O. The van der Waals surface area contributed by atoms with E-state index in [4.69, 9.17) is 4.74 Å². The number of aromatic hydroxyl groups is 1. The number of pyridine rings is 1. The van der Waals surface area contributed by atoms with Gasteiger partial charge in [-0.2, -0.15) is 0 Å². The molecule has 118 valence electrons. The van der Waals surface area contributed by atoms with Crippen LogP contribution in [0.2, 0.25) is 0 Å². The molecule has 0 aromatic carbocycles. The highest BCUT2D eigenvalue weighted by molar-refractivity contribution is 7.98. The Hall–Kier alpha value is -2.09. The molecule has 0 saturated carbocycles. The lowest BCUT2D eigenvalue weighted by molar-refractivity contribution is 0.0520. The summed E-state index contributed by atoms with van der Waals surface area (Å²) in [5, 5.41) is 11.0. The van der Waals surface area contributed by atoms with Crippen LogP contribution < -0.4 is 5.56 Å². The molecule has 0 bridgehead atoms. The molecular weight excluding hydrogens is 306 g/mol. The molecule has 0 aliphatic carbocycles. The monoisotopic (exact) mass is 323 g/mol. The molecule has 8 heteroatoms. The second-order valence-corrected chi connectivity index (χ2v) is 5.58. The molecular formula is C14H17N3O4S. The summed E-state index contributed by atoms with van der Waals surface area (Å²) in [7, 11) is 0. The van der Waals surface area contributed by atoms with Crippen molar-refractivity contribution in [2.24, 2.45) is 0 Å². The van der Waals surface area contributed by atoms with Gasteiger partial charge in [0.15, 0.2) is 16.4 Å². The van der Waals surface area contributed by atoms with E-state index in [0.717, 1.165) is 0 Å². The highest BCUT2D eigenvalue weighted by Crippen LogP contribution is 2.27. The van der Waals surface area contributed by atoms with E-state index in [1.165, 1.54) is 22.5 Å². The number of fused-ring (bicyclic) bond motifs is 1. The van der Waals surface area contributed by atoms with Crippen molar-refractivity contribution < 1.29 is 14.6 Å². The lowest BCUT2D eigenvalue weighted by Gasteiger charge is -2.16. The first-order valence-corrected chi connectivity index (χ1v) is 8.00. The molecule has 0 aliphatic heterocycles. The highest BCUT2D eigenvalue weighted by atomic mass is 32.2. The second-order valence-electron chi connectivity index (χ2n) is 4.81. The maximum atomic E-state index is 12.6. The average Bonchev–Trinajstić information content (AvgIpc) is 2.46. The van der Waals surface area contributed by atoms with Crippen LogP contribution >= 0.6 is 11.8 Å². The van der Waals surface area contributed by atoms with Gasteiger partial charge in [0.2, 0.25) is 0 Å². The fourth-order valence-electron chi connectivity index (χ4n) is 2.13. The Morgan fingerprint density at radius 3 is 2.73 bits per heavy atom. The van der Waals surface area contributed by atoms with E-state index in [0.29, 0.717) is 10.8 Å². The summed E-state index contributed by atoms with van der Waals surface area (Å²) in [5.41, 5.74) is -0.711. The predicted molar refractivity (Wildman–Crippen MR) is 83.6 cm³/mol. The Kier molecular flexibility index (Phi) is 4.70. The maximum absolute atomic E-state index is 12.6. The fourth-order valence-corrected chi connectivity index (χ4v) is 2.46. The molecule has 22 heavy (non-hydrogen) atoms. The van der Waals surface area contributed by atoms with Gasteiger partial charge in [0.05, 0.1) is 12.0 Å². The molecule has 1 N–H and O–H groups in total. The van der Waals surface area contributed by atoms with Crippen LogP contribution in [0.5, 0.6) is 5.75 Å². The summed E-state index contributed by atoms with van der Waals surface area (Å²) in [6.45, 7) is 5.34. The number of carbonyl (C=O) groups is 1. The Morgan fingerprint density at radius 1 is 1.50 bits per heavy atom. The van der Waals surface area contributed by atoms with Gasteiger partial charge >= 0.3 is 5.97 Å². The van der Waals surface area contributed by atoms with Gasteiger partial charge in [0.25, 0.3) is 5.56 Å². The quantitative estimate of drug-likeness (QED) is 0.522. The first-order valence-electron chi connectivity index (χ1n) is 6.77. The Balaban J connectivity index is 2.90. The largest absolute Gasteiger partial charge is 0.506 e. The smallest absolute Gasteiger partial charge is 0.347 e. The fraction of sp³-hybridized carbons (Fsp3) is 0.429. The van der Waals surface area contributed by atoms with Crippen LogP contribution in [0.25, 0.3) is 11.0 Å². The Bertz CT molecular complexity index is 786. The predicted octanol–water partition coefficient (Wildman–Crippen LogP) is 1.98. The van der Waals surface area contributed by atoms with Crippen molar-refractivity contribution in [3.63, 3.8) is 0 Å². The second kappa shape index (κ2) is 6.35. The molecule has 2 aromatic rings. The summed E-state index contributed by atoms with van der Waals surface area (Å²) in [6, 6.07) is -0.242. The van der Waals surface area contributed by atoms with Crippen molar-refractivity contribution in [1.82, 2.24) is 14.5 Å². The van der Waals surface area contributed by atoms with Crippen molar-refractivity contribution in [3.8, 4) is 5.75 Å². The van der Waals surface area contributed by atoms with E-state index in [9.17, 15) is 14.7 Å². The summed E-state index contributed by atoms with van der Waals surface area (Å²) in [5.74, 6) is -1.29. The number of rotatable bonds is 4. The van der Waals surface area contributed by atoms with E-state index in [1.807, 2.05) is 6.26 Å². The van der Waals surface area contributed by atoms with Crippen LogP contribution in [0.15, 0.2) is 16.1 Å². The Labute approximate surface area is 131 Å². The number of carbonyl (C=O) groups excluding carboxylic acids is 1. The van der Waals surface area contributed by atoms with E-state index >= 15 is 0 Å². The standard InChI is InChI=1S/C14H17N3O4S/c1-5-21-13(20)9-10(18)8-6-15-14(22-4)16-11(8)17(7(2)3)12(9)19/h6-7,18H,5H2,1-4H3. The van der Waals surface area contributed by atoms with Crippen LogP contribution in [-0.2, 0) is 4.74 Å². The zero-order chi connectivity index (χ0) is 16.4. The van der Waals surface area contributed by atoms with Crippen LogP contribution in [0.1, 0.15) is 37.2 Å². The Morgan fingerprint density at radius 2 is 2.18 bits per heavy atom. The summed E-state index contributed by atoms with van der Waals surface area (Å²) in [6.07, 6.45) is 3.22. The first kappa shape index (κ1) is 16.3. The molecule has 0 aliphatic rings. The number of hydrogen-bond donors (Lipinski definition) is 1. The lowest BCUT2D eigenvalue weighted by atomic mass is 10.1. The number of aromatic nitrogens is 3. The van der Waals surface area contributed by atoms with Gasteiger partial charge in [-0.25, -0.2) is 14.8 Å². The molecule has 0 saturated heterocycles. The zero-order valence-electron chi connectivity index (χ0n) is 12.8. The highest BCUT2D eigenvalue weighted by Gasteiger charge is 2.25.